The molecule has 1 N–H and O–H groups in total. The number of rotatable bonds is 0. The third-order valence-corrected chi connectivity index (χ3v) is 2.75. The molecule has 1 aromatic rings. The standard InChI is InChI=1S/C10H9BrFNO2/c1-10(2)9(14)13-7-4-5(12)3-6(11)8(7)15-10/h3-4H,1-2H3,(H,13,14). The van der Waals surface area contributed by atoms with E-state index in [4.69, 9.17) is 4.74 Å². The molecule has 1 amide bonds. The number of benzene rings is 1. The van der Waals surface area contributed by atoms with Gasteiger partial charge in [0.25, 0.3) is 5.91 Å². The third kappa shape index (κ3) is 1.71. The van der Waals surface area contributed by atoms with Crippen LogP contribution in [0.2, 0.25) is 0 Å². The molecule has 0 bridgehead atoms. The Balaban J connectivity index is 2.55. The van der Waals surface area contributed by atoms with Crippen molar-refractivity contribution >= 4 is 27.5 Å². The van der Waals surface area contributed by atoms with Crippen LogP contribution in [0.25, 0.3) is 0 Å². The minimum Gasteiger partial charge on any atom is -0.475 e. The van der Waals surface area contributed by atoms with E-state index in [2.05, 4.69) is 21.2 Å². The van der Waals surface area contributed by atoms with Gasteiger partial charge >= 0.3 is 0 Å². The van der Waals surface area contributed by atoms with Crippen LogP contribution >= 0.6 is 15.9 Å². The molecule has 0 aromatic heterocycles. The Hall–Kier alpha value is -1.10. The zero-order valence-electron chi connectivity index (χ0n) is 8.23. The number of amides is 1. The van der Waals surface area contributed by atoms with Gasteiger partial charge in [-0.3, -0.25) is 4.79 Å². The van der Waals surface area contributed by atoms with Gasteiger partial charge in [0.1, 0.15) is 5.82 Å². The first-order valence-electron chi connectivity index (χ1n) is 4.40. The summed E-state index contributed by atoms with van der Waals surface area (Å²) < 4.78 is 19.0. The minimum absolute atomic E-state index is 0.285. The smallest absolute Gasteiger partial charge is 0.268 e. The van der Waals surface area contributed by atoms with Gasteiger partial charge in [-0.25, -0.2) is 4.39 Å². The Kier molecular flexibility index (Phi) is 2.22. The number of fused-ring (bicyclic) bond motifs is 1. The number of ether oxygens (including phenoxy) is 1. The number of halogens is 2. The number of hydrogen-bond donors (Lipinski definition) is 1. The molecule has 2 rings (SSSR count). The molecule has 80 valence electrons. The summed E-state index contributed by atoms with van der Waals surface area (Å²) in [5.74, 6) is -0.252. The van der Waals surface area contributed by atoms with Gasteiger partial charge in [0.05, 0.1) is 10.2 Å². The molecule has 0 fully saturated rings. The van der Waals surface area contributed by atoms with E-state index in [1.807, 2.05) is 0 Å². The number of carbonyl (C=O) groups excluding carboxylic acids is 1. The van der Waals surface area contributed by atoms with E-state index in [0.717, 1.165) is 0 Å². The normalized spacial score (nSPS) is 17.7. The second-order valence-corrected chi connectivity index (χ2v) is 4.69. The highest BCUT2D eigenvalue weighted by atomic mass is 79.9. The molecular formula is C10H9BrFNO2. The first-order valence-corrected chi connectivity index (χ1v) is 5.19. The lowest BCUT2D eigenvalue weighted by molar-refractivity contribution is -0.129. The molecule has 5 heteroatoms. The highest BCUT2D eigenvalue weighted by Gasteiger charge is 2.36. The molecule has 0 aliphatic carbocycles. The van der Waals surface area contributed by atoms with E-state index in [1.54, 1.807) is 13.8 Å². The van der Waals surface area contributed by atoms with Crippen LogP contribution in [0.3, 0.4) is 0 Å². The summed E-state index contributed by atoms with van der Waals surface area (Å²) in [6.45, 7) is 3.31. The lowest BCUT2D eigenvalue weighted by atomic mass is 10.1. The maximum atomic E-state index is 13.0. The van der Waals surface area contributed by atoms with Gasteiger partial charge in [-0.2, -0.15) is 0 Å². The van der Waals surface area contributed by atoms with Crippen molar-refractivity contribution in [3.8, 4) is 5.75 Å². The average molecular weight is 274 g/mol. The van der Waals surface area contributed by atoms with Crippen LogP contribution in [-0.2, 0) is 4.79 Å². The van der Waals surface area contributed by atoms with Crippen molar-refractivity contribution in [1.82, 2.24) is 0 Å². The van der Waals surface area contributed by atoms with Crippen LogP contribution in [0, 0.1) is 5.82 Å². The highest BCUT2D eigenvalue weighted by molar-refractivity contribution is 9.10. The first-order chi connectivity index (χ1) is 6.90. The van der Waals surface area contributed by atoms with Gasteiger partial charge in [-0.05, 0) is 35.8 Å². The van der Waals surface area contributed by atoms with Gasteiger partial charge in [-0.1, -0.05) is 0 Å². The molecule has 1 aliphatic heterocycles. The van der Waals surface area contributed by atoms with Crippen molar-refractivity contribution in [2.75, 3.05) is 5.32 Å². The summed E-state index contributed by atoms with van der Waals surface area (Å²) in [4.78, 5) is 11.5. The minimum atomic E-state index is -0.937. The summed E-state index contributed by atoms with van der Waals surface area (Å²) >= 11 is 3.19. The topological polar surface area (TPSA) is 38.3 Å². The second-order valence-electron chi connectivity index (χ2n) is 3.83. The Bertz CT molecular complexity index is 445. The summed E-state index contributed by atoms with van der Waals surface area (Å²) in [7, 11) is 0. The largest absolute Gasteiger partial charge is 0.475 e. The molecule has 0 radical (unpaired) electrons. The fourth-order valence-electron chi connectivity index (χ4n) is 1.33. The van der Waals surface area contributed by atoms with E-state index in [-0.39, 0.29) is 5.91 Å². The van der Waals surface area contributed by atoms with E-state index < -0.39 is 11.4 Å². The molecule has 3 nitrogen and oxygen atoms in total. The predicted molar refractivity (Wildman–Crippen MR) is 57.4 cm³/mol. The molecule has 15 heavy (non-hydrogen) atoms. The number of anilines is 1. The summed E-state index contributed by atoms with van der Waals surface area (Å²) in [5.41, 5.74) is -0.584. The molecule has 0 saturated heterocycles. The zero-order valence-corrected chi connectivity index (χ0v) is 9.81. The van der Waals surface area contributed by atoms with E-state index >= 15 is 0 Å². The fourth-order valence-corrected chi connectivity index (χ4v) is 1.84. The summed E-state index contributed by atoms with van der Waals surface area (Å²) in [5, 5.41) is 2.60. The SMILES string of the molecule is CC1(C)Oc2c(Br)cc(F)cc2NC1=O. The average Bonchev–Trinajstić information content (AvgIpc) is 2.09. The molecule has 0 atom stereocenters. The zero-order chi connectivity index (χ0) is 11.2. The maximum absolute atomic E-state index is 13.0. The molecule has 0 unspecified atom stereocenters. The van der Waals surface area contributed by atoms with Crippen LogP contribution in [0.5, 0.6) is 5.75 Å². The van der Waals surface area contributed by atoms with Crippen molar-refractivity contribution in [3.63, 3.8) is 0 Å². The van der Waals surface area contributed by atoms with Gasteiger partial charge in [0, 0.05) is 6.07 Å². The van der Waals surface area contributed by atoms with Crippen molar-refractivity contribution in [1.29, 1.82) is 0 Å². The van der Waals surface area contributed by atoms with Crippen molar-refractivity contribution in [3.05, 3.63) is 22.4 Å². The molecule has 1 aliphatic rings. The van der Waals surface area contributed by atoms with Gasteiger partial charge in [-0.15, -0.1) is 0 Å². The Morgan fingerprint density at radius 3 is 2.80 bits per heavy atom. The molecule has 1 aromatic carbocycles. The maximum Gasteiger partial charge on any atom is 0.268 e. The quantitative estimate of drug-likeness (QED) is 0.789. The third-order valence-electron chi connectivity index (χ3n) is 2.16. The lowest BCUT2D eigenvalue weighted by Gasteiger charge is -2.32. The van der Waals surface area contributed by atoms with Gasteiger partial charge in [0.2, 0.25) is 0 Å². The second kappa shape index (κ2) is 3.20. The van der Waals surface area contributed by atoms with Crippen LogP contribution < -0.4 is 10.1 Å². The van der Waals surface area contributed by atoms with Gasteiger partial charge < -0.3 is 10.1 Å². The van der Waals surface area contributed by atoms with Crippen molar-refractivity contribution < 1.29 is 13.9 Å². The molecular weight excluding hydrogens is 265 g/mol. The lowest BCUT2D eigenvalue weighted by Crippen LogP contribution is -2.45. The van der Waals surface area contributed by atoms with Crippen molar-refractivity contribution in [2.24, 2.45) is 0 Å². The van der Waals surface area contributed by atoms with Crippen molar-refractivity contribution in [2.45, 2.75) is 19.4 Å². The van der Waals surface area contributed by atoms with Crippen LogP contribution in [-0.4, -0.2) is 11.5 Å². The Morgan fingerprint density at radius 2 is 2.13 bits per heavy atom. The predicted octanol–water partition coefficient (Wildman–Crippen LogP) is 2.70. The van der Waals surface area contributed by atoms with Crippen LogP contribution in [0.1, 0.15) is 13.8 Å². The van der Waals surface area contributed by atoms with Gasteiger partial charge in [0.15, 0.2) is 11.4 Å². The number of nitrogens with one attached hydrogen (secondary N) is 1. The first kappa shape index (κ1) is 10.4. The highest BCUT2D eigenvalue weighted by Crippen LogP contribution is 2.40. The summed E-state index contributed by atoms with van der Waals surface area (Å²) in [6, 6.07) is 2.53. The van der Waals surface area contributed by atoms with E-state index in [1.165, 1.54) is 12.1 Å². The van der Waals surface area contributed by atoms with E-state index in [0.29, 0.717) is 15.9 Å². The summed E-state index contributed by atoms with van der Waals surface area (Å²) in [6.07, 6.45) is 0. The Morgan fingerprint density at radius 1 is 1.47 bits per heavy atom. The monoisotopic (exact) mass is 273 g/mol. The molecule has 0 saturated carbocycles. The van der Waals surface area contributed by atoms with Crippen LogP contribution in [0.4, 0.5) is 10.1 Å². The number of carbonyl (C=O) groups is 1. The molecule has 0 spiro atoms. The fraction of sp³-hybridized carbons (Fsp3) is 0.300. The number of hydrogen-bond acceptors (Lipinski definition) is 2. The van der Waals surface area contributed by atoms with E-state index in [9.17, 15) is 9.18 Å². The molecule has 1 heterocycles. The Labute approximate surface area is 94.7 Å². The van der Waals surface area contributed by atoms with Crippen LogP contribution in [0.15, 0.2) is 16.6 Å².